The second kappa shape index (κ2) is 4.55. The molecule has 0 bridgehead atoms. The van der Waals surface area contributed by atoms with Gasteiger partial charge in [-0.25, -0.2) is 0 Å². The van der Waals surface area contributed by atoms with Crippen LogP contribution in [0.3, 0.4) is 0 Å². The lowest BCUT2D eigenvalue weighted by Gasteiger charge is -2.16. The zero-order chi connectivity index (χ0) is 12.4. The predicted octanol–water partition coefficient (Wildman–Crippen LogP) is 0.186. The summed E-state index contributed by atoms with van der Waals surface area (Å²) < 4.78 is 0. The van der Waals surface area contributed by atoms with Crippen LogP contribution < -0.4 is 16.4 Å². The van der Waals surface area contributed by atoms with Gasteiger partial charge in [0.05, 0.1) is 12.0 Å². The molecule has 17 heavy (non-hydrogen) atoms. The molecule has 2 rings (SSSR count). The normalized spacial score (nSPS) is 19.6. The lowest BCUT2D eigenvalue weighted by atomic mass is 9.93. The molecule has 1 heterocycles. The Kier molecular flexibility index (Phi) is 3.10. The van der Waals surface area contributed by atoms with Crippen LogP contribution in [0.4, 0.5) is 5.69 Å². The van der Waals surface area contributed by atoms with Crippen LogP contribution in [0.5, 0.6) is 0 Å². The molecular formula is C12H15N3O2. The number of likely N-dealkylation sites (N-methyl/N-ethyl adjacent to an activating group) is 1. The molecule has 2 amide bonds. The maximum Gasteiger partial charge on any atom is 0.234 e. The van der Waals surface area contributed by atoms with Gasteiger partial charge in [-0.3, -0.25) is 9.59 Å². The number of anilines is 1. The number of carbonyl (C=O) groups is 2. The predicted molar refractivity (Wildman–Crippen MR) is 64.5 cm³/mol. The molecule has 0 saturated carbocycles. The standard InChI is InChI=1S/C12H15N3O2/c1-14-10(11(13)16)6-8-7-4-2-3-5-9(7)15-12(8)17/h2-5,8,10,14H,6H2,1H3,(H2,13,16)(H,15,17). The van der Waals surface area contributed by atoms with Gasteiger partial charge in [0.2, 0.25) is 11.8 Å². The highest BCUT2D eigenvalue weighted by Gasteiger charge is 2.33. The lowest BCUT2D eigenvalue weighted by Crippen LogP contribution is -2.40. The summed E-state index contributed by atoms with van der Waals surface area (Å²) in [7, 11) is 1.66. The first kappa shape index (κ1) is 11.6. The van der Waals surface area contributed by atoms with Gasteiger partial charge in [-0.1, -0.05) is 18.2 Å². The summed E-state index contributed by atoms with van der Waals surface area (Å²) in [4.78, 5) is 23.0. The van der Waals surface area contributed by atoms with Crippen LogP contribution in [0, 0.1) is 0 Å². The van der Waals surface area contributed by atoms with E-state index in [0.717, 1.165) is 11.3 Å². The van der Waals surface area contributed by atoms with Crippen LogP contribution in [0.15, 0.2) is 24.3 Å². The average Bonchev–Trinajstić information content (AvgIpc) is 2.61. The van der Waals surface area contributed by atoms with Crippen molar-refractivity contribution in [2.45, 2.75) is 18.4 Å². The first-order chi connectivity index (χ1) is 8.13. The van der Waals surface area contributed by atoms with Crippen molar-refractivity contribution in [3.63, 3.8) is 0 Å². The van der Waals surface area contributed by atoms with Gasteiger partial charge in [0.1, 0.15) is 0 Å². The summed E-state index contributed by atoms with van der Waals surface area (Å²) in [6.45, 7) is 0. The van der Waals surface area contributed by atoms with Gasteiger partial charge in [-0.2, -0.15) is 0 Å². The number of nitrogens with two attached hydrogens (primary N) is 1. The molecule has 4 N–H and O–H groups in total. The van der Waals surface area contributed by atoms with Crippen molar-refractivity contribution < 1.29 is 9.59 Å². The molecule has 2 atom stereocenters. The topological polar surface area (TPSA) is 84.2 Å². The number of carbonyl (C=O) groups excluding carboxylic acids is 2. The Bertz CT molecular complexity index is 459. The van der Waals surface area contributed by atoms with Crippen LogP contribution in [0.1, 0.15) is 17.9 Å². The number of para-hydroxylation sites is 1. The van der Waals surface area contributed by atoms with Gasteiger partial charge in [0.25, 0.3) is 0 Å². The van der Waals surface area contributed by atoms with Crippen molar-refractivity contribution in [1.82, 2.24) is 5.32 Å². The fourth-order valence-electron chi connectivity index (χ4n) is 2.12. The fourth-order valence-corrected chi connectivity index (χ4v) is 2.12. The quantitative estimate of drug-likeness (QED) is 0.694. The van der Waals surface area contributed by atoms with Crippen LogP contribution in [-0.2, 0) is 9.59 Å². The molecule has 0 fully saturated rings. The number of benzene rings is 1. The van der Waals surface area contributed by atoms with Gasteiger partial charge in [-0.15, -0.1) is 0 Å². The Balaban J connectivity index is 2.22. The Morgan fingerprint density at radius 1 is 1.53 bits per heavy atom. The lowest BCUT2D eigenvalue weighted by molar-refractivity contribution is -0.120. The highest BCUT2D eigenvalue weighted by molar-refractivity contribution is 6.03. The van der Waals surface area contributed by atoms with Gasteiger partial charge >= 0.3 is 0 Å². The van der Waals surface area contributed by atoms with Crippen LogP contribution in [0.25, 0.3) is 0 Å². The van der Waals surface area contributed by atoms with Crippen LogP contribution in [0.2, 0.25) is 0 Å². The maximum atomic E-state index is 11.8. The SMILES string of the molecule is CNC(CC1C(=O)Nc2ccccc21)C(N)=O. The molecule has 1 aromatic rings. The van der Waals surface area contributed by atoms with E-state index < -0.39 is 11.9 Å². The molecule has 0 radical (unpaired) electrons. The number of amides is 2. The number of primary amides is 1. The molecule has 1 aliphatic heterocycles. The zero-order valence-corrected chi connectivity index (χ0v) is 9.57. The van der Waals surface area contributed by atoms with E-state index in [1.54, 1.807) is 7.05 Å². The summed E-state index contributed by atoms with van der Waals surface area (Å²) in [6.07, 6.45) is 0.384. The van der Waals surface area contributed by atoms with Crippen molar-refractivity contribution in [1.29, 1.82) is 0 Å². The second-order valence-electron chi connectivity index (χ2n) is 4.11. The van der Waals surface area contributed by atoms with E-state index in [-0.39, 0.29) is 11.8 Å². The molecule has 1 aromatic carbocycles. The molecule has 0 saturated heterocycles. The van der Waals surface area contributed by atoms with Gasteiger partial charge in [0, 0.05) is 5.69 Å². The van der Waals surface area contributed by atoms with Gasteiger partial charge in [-0.05, 0) is 25.1 Å². The highest BCUT2D eigenvalue weighted by Crippen LogP contribution is 2.34. The van der Waals surface area contributed by atoms with E-state index in [1.807, 2.05) is 24.3 Å². The Morgan fingerprint density at radius 2 is 2.24 bits per heavy atom. The molecule has 2 unspecified atom stereocenters. The highest BCUT2D eigenvalue weighted by atomic mass is 16.2. The van der Waals surface area contributed by atoms with Gasteiger partial charge in [0.15, 0.2) is 0 Å². The Morgan fingerprint density at radius 3 is 2.88 bits per heavy atom. The van der Waals surface area contributed by atoms with Crippen LogP contribution in [-0.4, -0.2) is 24.9 Å². The number of fused-ring (bicyclic) bond motifs is 1. The minimum Gasteiger partial charge on any atom is -0.368 e. The fraction of sp³-hybridized carbons (Fsp3) is 0.333. The van der Waals surface area contributed by atoms with Gasteiger partial charge < -0.3 is 16.4 Å². The number of hydrogen-bond acceptors (Lipinski definition) is 3. The first-order valence-electron chi connectivity index (χ1n) is 5.50. The van der Waals surface area contributed by atoms with E-state index in [4.69, 9.17) is 5.73 Å². The van der Waals surface area contributed by atoms with Crippen molar-refractivity contribution in [3.8, 4) is 0 Å². The van der Waals surface area contributed by atoms with Crippen molar-refractivity contribution in [2.75, 3.05) is 12.4 Å². The third-order valence-corrected chi connectivity index (χ3v) is 3.07. The summed E-state index contributed by atoms with van der Waals surface area (Å²) in [5.74, 6) is -0.825. The summed E-state index contributed by atoms with van der Waals surface area (Å²) in [5.41, 5.74) is 7.01. The molecule has 0 aliphatic carbocycles. The van der Waals surface area contributed by atoms with Crippen molar-refractivity contribution in [3.05, 3.63) is 29.8 Å². The molecule has 5 nitrogen and oxygen atoms in total. The van der Waals surface area contributed by atoms with E-state index in [0.29, 0.717) is 6.42 Å². The molecule has 1 aliphatic rings. The minimum atomic E-state index is -0.489. The third kappa shape index (κ3) is 2.14. The number of hydrogen-bond donors (Lipinski definition) is 3. The van der Waals surface area contributed by atoms with E-state index >= 15 is 0 Å². The third-order valence-electron chi connectivity index (χ3n) is 3.07. The van der Waals surface area contributed by atoms with Crippen molar-refractivity contribution >= 4 is 17.5 Å². The average molecular weight is 233 g/mol. The Hall–Kier alpha value is -1.88. The largest absolute Gasteiger partial charge is 0.368 e. The number of rotatable bonds is 4. The maximum absolute atomic E-state index is 11.8. The molecule has 90 valence electrons. The zero-order valence-electron chi connectivity index (χ0n) is 9.57. The smallest absolute Gasteiger partial charge is 0.234 e. The summed E-state index contributed by atoms with van der Waals surface area (Å²) in [5, 5.41) is 5.62. The molecule has 5 heteroatoms. The minimum absolute atomic E-state index is 0.0762. The molecular weight excluding hydrogens is 218 g/mol. The Labute approximate surface area is 99.4 Å². The van der Waals surface area contributed by atoms with E-state index in [2.05, 4.69) is 10.6 Å². The number of nitrogens with one attached hydrogen (secondary N) is 2. The van der Waals surface area contributed by atoms with Crippen molar-refractivity contribution in [2.24, 2.45) is 5.73 Å². The monoisotopic (exact) mass is 233 g/mol. The summed E-state index contributed by atoms with van der Waals surface area (Å²) in [6, 6.07) is 7.00. The van der Waals surface area contributed by atoms with E-state index in [9.17, 15) is 9.59 Å². The summed E-state index contributed by atoms with van der Waals surface area (Å²) >= 11 is 0. The first-order valence-corrected chi connectivity index (χ1v) is 5.50. The molecule has 0 aromatic heterocycles. The van der Waals surface area contributed by atoms with Crippen LogP contribution >= 0.6 is 0 Å². The second-order valence-corrected chi connectivity index (χ2v) is 4.11. The molecule has 0 spiro atoms. The van der Waals surface area contributed by atoms with E-state index in [1.165, 1.54) is 0 Å².